The van der Waals surface area contributed by atoms with Gasteiger partial charge >= 0.3 is 0 Å². The number of hydrogen-bond donors (Lipinski definition) is 3. The number of hydrogen-bond acceptors (Lipinski definition) is 8. The van der Waals surface area contributed by atoms with Crippen molar-refractivity contribution in [2.24, 2.45) is 18.7 Å². The molecule has 3 aliphatic rings. The van der Waals surface area contributed by atoms with Gasteiger partial charge in [-0.05, 0) is 37.7 Å². The van der Waals surface area contributed by atoms with Gasteiger partial charge in [-0.15, -0.1) is 0 Å². The average molecular weight is 635 g/mol. The van der Waals surface area contributed by atoms with Gasteiger partial charge in [0.05, 0.1) is 40.1 Å². The number of anilines is 2. The van der Waals surface area contributed by atoms with E-state index in [1.807, 2.05) is 0 Å². The Morgan fingerprint density at radius 3 is 2.76 bits per heavy atom. The highest BCUT2D eigenvalue weighted by Crippen LogP contribution is 2.33. The van der Waals surface area contributed by atoms with Gasteiger partial charge in [0.15, 0.2) is 5.76 Å². The fraction of sp³-hybridized carbons (Fsp3) is 0.387. The minimum Gasteiger partial charge on any atom is -0.504 e. The van der Waals surface area contributed by atoms with Crippen molar-refractivity contribution in [3.05, 3.63) is 69.0 Å². The normalized spacial score (nSPS) is 20.4. The number of aromatic nitrogens is 4. The van der Waals surface area contributed by atoms with E-state index in [4.69, 9.17) is 17.3 Å². The first-order chi connectivity index (χ1) is 21.5. The van der Waals surface area contributed by atoms with Crippen molar-refractivity contribution in [1.29, 1.82) is 0 Å². The molecule has 1 aliphatic heterocycles. The van der Waals surface area contributed by atoms with E-state index < -0.39 is 40.5 Å². The number of carbonyl (C=O) groups excluding carboxylic acids is 2. The van der Waals surface area contributed by atoms with Gasteiger partial charge in [-0.2, -0.15) is 4.39 Å². The molecule has 3 aromatic rings. The summed E-state index contributed by atoms with van der Waals surface area (Å²) >= 11 is 6.44. The van der Waals surface area contributed by atoms with Crippen LogP contribution in [0, 0.1) is 17.8 Å². The van der Waals surface area contributed by atoms with Gasteiger partial charge in [-0.25, -0.2) is 9.97 Å². The summed E-state index contributed by atoms with van der Waals surface area (Å²) in [7, 11) is 1.51. The van der Waals surface area contributed by atoms with Crippen LogP contribution in [0.25, 0.3) is 11.0 Å². The largest absolute Gasteiger partial charge is 0.504 e. The average Bonchev–Trinajstić information content (AvgIpc) is 3.76. The number of carbonyl (C=O) groups is 2. The van der Waals surface area contributed by atoms with E-state index in [-0.39, 0.29) is 34.2 Å². The molecule has 6 rings (SSSR count). The number of aliphatic hydroxyl groups is 1. The molecule has 2 aliphatic carbocycles. The standard InChI is InChI=1S/C31H32ClFN8O4/c1-17-12-39(13-18-3-4-18)7-8-41(17)25-10-24(22(32)11-35-25)37-26(42)15-40-14-21(27-30(40)36-16-38(2)31(27)45)19-5-6-23(33)28(43)20(9-19)29(34)44/h9-11,14,16-19,43H,3-4,7-8,12-13,15H2,1-2H3,(H2,34,44)(H,35,37,42)/t17-,19?/m0/s1. The van der Waals surface area contributed by atoms with Crippen LogP contribution < -0.4 is 21.5 Å². The third-order valence-electron chi connectivity index (χ3n) is 8.35. The molecular formula is C31H32ClFN8O4. The van der Waals surface area contributed by atoms with E-state index in [0.29, 0.717) is 11.5 Å². The molecule has 4 N–H and O–H groups in total. The number of nitrogens with one attached hydrogen (secondary N) is 1. The maximum Gasteiger partial charge on any atom is 0.262 e. The summed E-state index contributed by atoms with van der Waals surface area (Å²) in [4.78, 5) is 52.1. The Kier molecular flexibility index (Phi) is 8.11. The molecule has 0 spiro atoms. The number of nitrogens with two attached hydrogens (primary N) is 1. The van der Waals surface area contributed by atoms with Gasteiger partial charge in [0.2, 0.25) is 11.7 Å². The second-order valence-electron chi connectivity index (χ2n) is 11.7. The van der Waals surface area contributed by atoms with Crippen molar-refractivity contribution in [3.63, 3.8) is 0 Å². The highest BCUT2D eigenvalue weighted by atomic mass is 35.5. The summed E-state index contributed by atoms with van der Waals surface area (Å²) < 4.78 is 17.0. The Labute approximate surface area is 263 Å². The smallest absolute Gasteiger partial charge is 0.262 e. The van der Waals surface area contributed by atoms with Gasteiger partial charge in [-0.1, -0.05) is 17.5 Å². The fourth-order valence-electron chi connectivity index (χ4n) is 5.85. The molecule has 234 valence electrons. The maximum atomic E-state index is 14.3. The van der Waals surface area contributed by atoms with Gasteiger partial charge in [-0.3, -0.25) is 19.3 Å². The van der Waals surface area contributed by atoms with E-state index in [2.05, 4.69) is 43.8 Å². The molecule has 4 heterocycles. The Bertz CT molecular complexity index is 1900. The molecule has 45 heavy (non-hydrogen) atoms. The Hall–Kier alpha value is -4.67. The molecule has 2 amide bonds. The van der Waals surface area contributed by atoms with Crippen LogP contribution in [-0.2, 0) is 23.2 Å². The Morgan fingerprint density at radius 2 is 2.04 bits per heavy atom. The molecule has 1 saturated heterocycles. The molecular weight excluding hydrogens is 603 g/mol. The van der Waals surface area contributed by atoms with Gasteiger partial charge in [0.25, 0.3) is 11.5 Å². The molecule has 0 bridgehead atoms. The minimum absolute atomic E-state index is 0.119. The van der Waals surface area contributed by atoms with Crippen LogP contribution in [0.5, 0.6) is 0 Å². The number of amides is 2. The maximum absolute atomic E-state index is 14.3. The zero-order chi connectivity index (χ0) is 32.0. The van der Waals surface area contributed by atoms with Crippen molar-refractivity contribution in [2.75, 3.05) is 36.4 Å². The molecule has 1 unspecified atom stereocenters. The number of nitrogens with zero attached hydrogens (tertiary/aromatic N) is 6. The minimum atomic E-state index is -1.22. The summed E-state index contributed by atoms with van der Waals surface area (Å²) in [6.45, 7) is 5.71. The number of aliphatic hydroxyl groups excluding tert-OH is 1. The second-order valence-corrected chi connectivity index (χ2v) is 12.1. The molecule has 3 aromatic heterocycles. The quantitative estimate of drug-likeness (QED) is 0.320. The van der Waals surface area contributed by atoms with Crippen molar-refractivity contribution in [3.8, 4) is 11.8 Å². The first-order valence-corrected chi connectivity index (χ1v) is 15.0. The summed E-state index contributed by atoms with van der Waals surface area (Å²) in [5.74, 6) is 1.58. The Balaban J connectivity index is 1.26. The lowest BCUT2D eigenvalue weighted by Crippen LogP contribution is -2.52. The van der Waals surface area contributed by atoms with E-state index in [1.54, 1.807) is 6.07 Å². The number of allylic oxidation sites excluding steroid dienone is 2. The summed E-state index contributed by atoms with van der Waals surface area (Å²) in [5, 5.41) is 13.3. The number of pyridine rings is 1. The molecule has 14 heteroatoms. The fourth-order valence-corrected chi connectivity index (χ4v) is 6.00. The number of halogens is 2. The van der Waals surface area contributed by atoms with E-state index in [9.17, 15) is 23.9 Å². The monoisotopic (exact) mass is 634 g/mol. The van der Waals surface area contributed by atoms with E-state index >= 15 is 0 Å². The van der Waals surface area contributed by atoms with Crippen LogP contribution in [0.2, 0.25) is 5.02 Å². The van der Waals surface area contributed by atoms with Gasteiger partial charge in [0, 0.05) is 57.1 Å². The van der Waals surface area contributed by atoms with Crippen LogP contribution in [0.15, 0.2) is 52.8 Å². The summed E-state index contributed by atoms with van der Waals surface area (Å²) in [5.41, 5.74) is 5.26. The third-order valence-corrected chi connectivity index (χ3v) is 8.65. The number of piperazine rings is 1. The zero-order valence-corrected chi connectivity index (χ0v) is 25.5. The van der Waals surface area contributed by atoms with Crippen molar-refractivity contribution in [1.82, 2.24) is 24.0 Å². The zero-order valence-electron chi connectivity index (χ0n) is 24.8. The number of aryl methyl sites for hydroxylation is 1. The SMILES string of the molecule is C[C@H]1CN(CC2CC2)CCN1c1cc(NC(=O)Cn2cc(C3C#CC(F)=C(O)C(C(N)=O)=C3)c3c(=O)n(C)cnc32)c(Cl)cn1. The molecule has 1 saturated carbocycles. The van der Waals surface area contributed by atoms with Crippen LogP contribution in [0.4, 0.5) is 15.9 Å². The van der Waals surface area contributed by atoms with E-state index in [1.165, 1.54) is 53.8 Å². The molecule has 0 radical (unpaired) electrons. The van der Waals surface area contributed by atoms with Crippen LogP contribution in [0.3, 0.4) is 0 Å². The highest BCUT2D eigenvalue weighted by molar-refractivity contribution is 6.33. The molecule has 0 aromatic carbocycles. The van der Waals surface area contributed by atoms with Crippen molar-refractivity contribution < 1.29 is 19.1 Å². The van der Waals surface area contributed by atoms with Gasteiger partial charge < -0.3 is 30.2 Å². The molecule has 12 nitrogen and oxygen atoms in total. The lowest BCUT2D eigenvalue weighted by atomic mass is 9.97. The topological polar surface area (TPSA) is 152 Å². The number of fused-ring (bicyclic) bond motifs is 1. The van der Waals surface area contributed by atoms with Crippen molar-refractivity contribution in [2.45, 2.75) is 38.3 Å². The molecule has 2 fully saturated rings. The van der Waals surface area contributed by atoms with Crippen LogP contribution >= 0.6 is 11.6 Å². The lowest BCUT2D eigenvalue weighted by molar-refractivity contribution is -0.117. The lowest BCUT2D eigenvalue weighted by Gasteiger charge is -2.40. The Morgan fingerprint density at radius 1 is 1.27 bits per heavy atom. The summed E-state index contributed by atoms with van der Waals surface area (Å²) in [6, 6.07) is 1.99. The predicted octanol–water partition coefficient (Wildman–Crippen LogP) is 2.59. The number of rotatable bonds is 8. The first-order valence-electron chi connectivity index (χ1n) is 14.6. The highest BCUT2D eigenvalue weighted by Gasteiger charge is 2.30. The predicted molar refractivity (Wildman–Crippen MR) is 167 cm³/mol. The van der Waals surface area contributed by atoms with Crippen LogP contribution in [-0.4, -0.2) is 73.1 Å². The second kappa shape index (κ2) is 12.0. The van der Waals surface area contributed by atoms with Gasteiger partial charge in [0.1, 0.15) is 18.0 Å². The first kappa shape index (κ1) is 30.4. The van der Waals surface area contributed by atoms with E-state index in [0.717, 1.165) is 32.1 Å². The summed E-state index contributed by atoms with van der Waals surface area (Å²) in [6.07, 6.45) is 8.14. The van der Waals surface area contributed by atoms with Crippen LogP contribution in [0.1, 0.15) is 31.2 Å². The number of primary amides is 1. The third kappa shape index (κ3) is 6.16. The van der Waals surface area contributed by atoms with Crippen molar-refractivity contribution >= 4 is 46.0 Å². The molecule has 2 atom stereocenters.